The molecular formula is C32H27N3O8S2. The lowest BCUT2D eigenvalue weighted by atomic mass is 9.83. The van der Waals surface area contributed by atoms with Crippen LogP contribution < -0.4 is 24.6 Å². The quantitative estimate of drug-likeness (QED) is 0.200. The minimum Gasteiger partial charge on any atom is -0.497 e. The predicted octanol–water partition coefficient (Wildman–Crippen LogP) is 4.44. The fourth-order valence-corrected chi connectivity index (χ4v) is 7.90. The molecule has 45 heavy (non-hydrogen) atoms. The molecule has 3 amide bonds. The number of thiazole rings is 1. The van der Waals surface area contributed by atoms with Crippen LogP contribution in [0.4, 0.5) is 11.4 Å². The number of H-pyrrole nitrogens is 1. The molecule has 1 saturated heterocycles. The number of thioether (sulfide) groups is 1. The van der Waals surface area contributed by atoms with Gasteiger partial charge in [0.05, 0.1) is 35.9 Å². The third-order valence-corrected chi connectivity index (χ3v) is 9.84. The number of aromatic amines is 1. The van der Waals surface area contributed by atoms with Crippen molar-refractivity contribution in [1.82, 2.24) is 4.98 Å². The van der Waals surface area contributed by atoms with Crippen molar-refractivity contribution >= 4 is 58.2 Å². The summed E-state index contributed by atoms with van der Waals surface area (Å²) in [5.41, 5.74) is 1.98. The van der Waals surface area contributed by atoms with Crippen molar-refractivity contribution in [3.63, 3.8) is 0 Å². The number of carbonyl (C=O) groups is 4. The Labute approximate surface area is 265 Å². The number of anilines is 2. The molecule has 3 heterocycles. The zero-order chi connectivity index (χ0) is 31.7. The highest BCUT2D eigenvalue weighted by atomic mass is 32.2. The molecule has 1 fully saturated rings. The largest absolute Gasteiger partial charge is 0.497 e. The SMILES string of the molecule is CCOC(=O)c1ccc(N2C(=O)[C@H]3[C@H](c4ccc(OCC(=O)Nc5ccc(OC)cc5)cc4)c4sc(=O)[nH]c4S[C@H]3C2=O)cc1. The van der Waals surface area contributed by atoms with E-state index < -0.39 is 34.9 Å². The molecule has 11 nitrogen and oxygen atoms in total. The van der Waals surface area contributed by atoms with Crippen LogP contribution in [0.1, 0.15) is 33.6 Å². The monoisotopic (exact) mass is 645 g/mol. The van der Waals surface area contributed by atoms with E-state index in [1.54, 1.807) is 74.7 Å². The van der Waals surface area contributed by atoms with Crippen molar-refractivity contribution in [1.29, 1.82) is 0 Å². The number of benzene rings is 3. The number of hydrogen-bond donors (Lipinski definition) is 2. The maximum atomic E-state index is 13.9. The molecule has 6 rings (SSSR count). The number of amides is 3. The van der Waals surface area contributed by atoms with E-state index in [4.69, 9.17) is 14.2 Å². The summed E-state index contributed by atoms with van der Waals surface area (Å²) in [5.74, 6) is -1.86. The number of carbonyl (C=O) groups excluding carboxylic acids is 4. The summed E-state index contributed by atoms with van der Waals surface area (Å²) in [6.07, 6.45) is 0. The summed E-state index contributed by atoms with van der Waals surface area (Å²) in [5, 5.41) is 2.56. The van der Waals surface area contributed by atoms with Crippen LogP contribution in [0.2, 0.25) is 0 Å². The lowest BCUT2D eigenvalue weighted by Gasteiger charge is -2.29. The minimum atomic E-state index is -0.770. The summed E-state index contributed by atoms with van der Waals surface area (Å²) in [6, 6.07) is 20.0. The van der Waals surface area contributed by atoms with Gasteiger partial charge >= 0.3 is 10.8 Å². The van der Waals surface area contributed by atoms with Crippen molar-refractivity contribution in [2.24, 2.45) is 5.92 Å². The van der Waals surface area contributed by atoms with Gasteiger partial charge in [-0.2, -0.15) is 0 Å². The van der Waals surface area contributed by atoms with E-state index in [9.17, 15) is 24.0 Å². The second-order valence-electron chi connectivity index (χ2n) is 10.2. The van der Waals surface area contributed by atoms with Gasteiger partial charge in [0, 0.05) is 16.5 Å². The molecule has 0 aliphatic carbocycles. The molecule has 0 saturated carbocycles. The van der Waals surface area contributed by atoms with E-state index in [-0.39, 0.29) is 24.0 Å². The Balaban J connectivity index is 1.21. The maximum absolute atomic E-state index is 13.9. The van der Waals surface area contributed by atoms with Gasteiger partial charge in [-0.15, -0.1) is 0 Å². The van der Waals surface area contributed by atoms with Gasteiger partial charge in [-0.25, -0.2) is 9.69 Å². The van der Waals surface area contributed by atoms with Crippen LogP contribution in [0.3, 0.4) is 0 Å². The van der Waals surface area contributed by atoms with E-state index in [1.165, 1.54) is 23.9 Å². The standard InChI is InChI=1S/C32H27N3O8S2/c1-3-42-31(39)18-4-10-20(11-5-18)35-29(37)25-24(26-28(34-32(40)45-26)44-27(25)30(35)38)17-6-12-22(13-7-17)43-16-23(36)33-19-8-14-21(41-2)15-9-19/h4-15,24-25,27H,3,16H2,1-2H3,(H,33,36)(H,34,40)/t24-,25-,27+/m0/s1. The Hall–Kier alpha value is -4.88. The van der Waals surface area contributed by atoms with Gasteiger partial charge in [-0.1, -0.05) is 35.2 Å². The molecule has 0 radical (unpaired) electrons. The molecule has 4 aromatic rings. The first-order valence-electron chi connectivity index (χ1n) is 14.0. The molecule has 3 atom stereocenters. The van der Waals surface area contributed by atoms with Crippen LogP contribution in [-0.4, -0.2) is 54.2 Å². The number of imide groups is 1. The molecule has 2 aliphatic heterocycles. The van der Waals surface area contributed by atoms with E-state index in [2.05, 4.69) is 10.3 Å². The molecule has 2 N–H and O–H groups in total. The van der Waals surface area contributed by atoms with Gasteiger partial charge in [0.1, 0.15) is 16.7 Å². The molecule has 1 aromatic heterocycles. The van der Waals surface area contributed by atoms with E-state index in [1.807, 2.05) is 0 Å². The fourth-order valence-electron chi connectivity index (χ4n) is 5.38. The number of aromatic nitrogens is 1. The highest BCUT2D eigenvalue weighted by molar-refractivity contribution is 8.00. The summed E-state index contributed by atoms with van der Waals surface area (Å²) in [4.78, 5) is 68.9. The molecule has 3 aromatic carbocycles. The number of ether oxygens (including phenoxy) is 3. The second-order valence-corrected chi connectivity index (χ2v) is 12.3. The van der Waals surface area contributed by atoms with Crippen LogP contribution in [0.5, 0.6) is 11.5 Å². The number of methoxy groups -OCH3 is 1. The number of esters is 1. The van der Waals surface area contributed by atoms with Crippen LogP contribution in [0, 0.1) is 5.92 Å². The Kier molecular flexibility index (Phi) is 8.46. The number of nitrogens with zero attached hydrogens (tertiary/aromatic N) is 1. The van der Waals surface area contributed by atoms with Crippen LogP contribution >= 0.6 is 23.1 Å². The average Bonchev–Trinajstić information content (AvgIpc) is 3.54. The van der Waals surface area contributed by atoms with Gasteiger partial charge in [-0.05, 0) is 73.2 Å². The maximum Gasteiger partial charge on any atom is 0.338 e. The van der Waals surface area contributed by atoms with Crippen LogP contribution in [-0.2, 0) is 19.1 Å². The third kappa shape index (κ3) is 5.96. The molecule has 13 heteroatoms. The molecule has 230 valence electrons. The lowest BCUT2D eigenvalue weighted by Crippen LogP contribution is -2.32. The van der Waals surface area contributed by atoms with Gasteiger partial charge < -0.3 is 24.5 Å². The molecule has 0 bridgehead atoms. The van der Waals surface area contributed by atoms with E-state index in [0.29, 0.717) is 38.3 Å². The number of rotatable bonds is 9. The highest BCUT2D eigenvalue weighted by Crippen LogP contribution is 2.53. The number of nitrogens with one attached hydrogen (secondary N) is 2. The summed E-state index contributed by atoms with van der Waals surface area (Å²) in [6.45, 7) is 1.71. The number of fused-ring (bicyclic) bond motifs is 2. The highest BCUT2D eigenvalue weighted by Gasteiger charge is 2.56. The average molecular weight is 646 g/mol. The molecule has 0 unspecified atom stereocenters. The summed E-state index contributed by atoms with van der Waals surface area (Å²) < 4.78 is 15.8. The Morgan fingerprint density at radius 2 is 1.60 bits per heavy atom. The van der Waals surface area contributed by atoms with Gasteiger partial charge in [0.2, 0.25) is 11.8 Å². The second kappa shape index (κ2) is 12.6. The van der Waals surface area contributed by atoms with Crippen molar-refractivity contribution < 1.29 is 33.4 Å². The minimum absolute atomic E-state index is 0.226. The fraction of sp³-hybridized carbons (Fsp3) is 0.219. The van der Waals surface area contributed by atoms with Crippen molar-refractivity contribution in [3.8, 4) is 11.5 Å². The predicted molar refractivity (Wildman–Crippen MR) is 168 cm³/mol. The molecule has 2 aliphatic rings. The zero-order valence-electron chi connectivity index (χ0n) is 24.1. The van der Waals surface area contributed by atoms with Gasteiger partial charge in [0.15, 0.2) is 6.61 Å². The molecule has 0 spiro atoms. The van der Waals surface area contributed by atoms with Crippen molar-refractivity contribution in [2.75, 3.05) is 30.5 Å². The smallest absolute Gasteiger partial charge is 0.338 e. The normalized spacial score (nSPS) is 18.6. The first-order chi connectivity index (χ1) is 21.8. The lowest BCUT2D eigenvalue weighted by molar-refractivity contribution is -0.122. The van der Waals surface area contributed by atoms with Gasteiger partial charge in [0.25, 0.3) is 5.91 Å². The van der Waals surface area contributed by atoms with Crippen LogP contribution in [0.15, 0.2) is 82.6 Å². The Morgan fingerprint density at radius 1 is 0.911 bits per heavy atom. The zero-order valence-corrected chi connectivity index (χ0v) is 25.7. The van der Waals surface area contributed by atoms with E-state index >= 15 is 0 Å². The summed E-state index contributed by atoms with van der Waals surface area (Å²) >= 11 is 2.20. The molecular weight excluding hydrogens is 618 g/mol. The first kappa shape index (κ1) is 30.2. The first-order valence-corrected chi connectivity index (χ1v) is 15.7. The van der Waals surface area contributed by atoms with Gasteiger partial charge in [-0.3, -0.25) is 19.2 Å². The Bertz CT molecular complexity index is 1820. The van der Waals surface area contributed by atoms with Crippen LogP contribution in [0.25, 0.3) is 0 Å². The van der Waals surface area contributed by atoms with Crippen molar-refractivity contribution in [2.45, 2.75) is 23.1 Å². The topological polar surface area (TPSA) is 144 Å². The Morgan fingerprint density at radius 3 is 2.27 bits per heavy atom. The number of hydrogen-bond acceptors (Lipinski definition) is 10. The van der Waals surface area contributed by atoms with Crippen molar-refractivity contribution in [3.05, 3.63) is 98.5 Å². The van der Waals surface area contributed by atoms with E-state index in [0.717, 1.165) is 21.8 Å². The summed E-state index contributed by atoms with van der Waals surface area (Å²) in [7, 11) is 1.56. The third-order valence-electron chi connectivity index (χ3n) is 7.44.